The lowest BCUT2D eigenvalue weighted by Gasteiger charge is -1.99. The molecule has 2 aromatic heterocycles. The normalized spacial score (nSPS) is 12.9. The van der Waals surface area contributed by atoms with Crippen molar-refractivity contribution >= 4 is 23.9 Å². The van der Waals surface area contributed by atoms with E-state index < -0.39 is 11.8 Å². The van der Waals surface area contributed by atoms with E-state index in [2.05, 4.69) is 20.8 Å². The van der Waals surface area contributed by atoms with E-state index in [1.54, 1.807) is 42.5 Å². The van der Waals surface area contributed by atoms with Crippen molar-refractivity contribution in [2.24, 2.45) is 5.10 Å². The number of fused-ring (bicyclic) bond motifs is 1. The van der Waals surface area contributed by atoms with Crippen molar-refractivity contribution in [2.45, 2.75) is 0 Å². The molecule has 0 unspecified atom stereocenters. The summed E-state index contributed by atoms with van der Waals surface area (Å²) in [6.07, 6.45) is 4.40. The predicted molar refractivity (Wildman–Crippen MR) is 95.2 cm³/mol. The molecule has 3 aromatic rings. The molecule has 0 fully saturated rings. The maximum atomic E-state index is 11.9. The second-order valence-electron chi connectivity index (χ2n) is 5.68. The molecule has 0 atom stereocenters. The van der Waals surface area contributed by atoms with Crippen molar-refractivity contribution in [3.8, 4) is 11.3 Å². The molecule has 0 saturated carbocycles. The van der Waals surface area contributed by atoms with Crippen LogP contribution >= 0.6 is 0 Å². The van der Waals surface area contributed by atoms with Crippen molar-refractivity contribution < 1.29 is 18.8 Å². The van der Waals surface area contributed by atoms with Crippen molar-refractivity contribution in [2.75, 3.05) is 0 Å². The molecule has 1 aliphatic heterocycles. The summed E-state index contributed by atoms with van der Waals surface area (Å²) in [5.41, 5.74) is 4.14. The maximum Gasteiger partial charge on any atom is 0.271 e. The molecule has 4 rings (SSSR count). The van der Waals surface area contributed by atoms with Gasteiger partial charge in [0.15, 0.2) is 0 Å². The summed E-state index contributed by atoms with van der Waals surface area (Å²) in [6, 6.07) is 11.4. The second kappa shape index (κ2) is 6.68. The van der Waals surface area contributed by atoms with Crippen LogP contribution in [0.4, 0.5) is 0 Å². The molecule has 3 amide bonds. The van der Waals surface area contributed by atoms with Crippen LogP contribution < -0.4 is 10.7 Å². The minimum absolute atomic E-state index is 0.314. The van der Waals surface area contributed by atoms with Gasteiger partial charge < -0.3 is 4.42 Å². The Hall–Kier alpha value is -4.07. The third kappa shape index (κ3) is 3.23. The number of carbonyl (C=O) groups is 3. The molecule has 132 valence electrons. The molecule has 0 aliphatic carbocycles. The topological polar surface area (TPSA) is 114 Å². The predicted octanol–water partition coefficient (Wildman–Crippen LogP) is 1.99. The monoisotopic (exact) mass is 360 g/mol. The number of nitrogens with zero attached hydrogens (tertiary/aromatic N) is 2. The van der Waals surface area contributed by atoms with Gasteiger partial charge >= 0.3 is 0 Å². The number of hydrogen-bond acceptors (Lipinski definition) is 6. The lowest BCUT2D eigenvalue weighted by Crippen LogP contribution is -2.19. The summed E-state index contributed by atoms with van der Waals surface area (Å²) in [5.74, 6) is -0.273. The molecule has 8 heteroatoms. The Morgan fingerprint density at radius 3 is 2.63 bits per heavy atom. The van der Waals surface area contributed by atoms with Crippen LogP contribution in [0.15, 0.2) is 64.4 Å². The largest absolute Gasteiger partial charge is 0.455 e. The molecule has 0 spiro atoms. The van der Waals surface area contributed by atoms with Crippen molar-refractivity contribution in [3.05, 3.63) is 77.3 Å². The highest BCUT2D eigenvalue weighted by Crippen LogP contribution is 2.26. The van der Waals surface area contributed by atoms with E-state index in [-0.39, 0.29) is 5.91 Å². The number of aromatic nitrogens is 1. The number of benzene rings is 1. The minimum Gasteiger partial charge on any atom is -0.455 e. The van der Waals surface area contributed by atoms with Crippen LogP contribution in [-0.2, 0) is 0 Å². The quantitative estimate of drug-likeness (QED) is 0.420. The Kier molecular flexibility index (Phi) is 4.06. The summed E-state index contributed by atoms with van der Waals surface area (Å²) in [6.45, 7) is 0. The Bertz CT molecular complexity index is 1090. The number of imide groups is 1. The van der Waals surface area contributed by atoms with Gasteiger partial charge in [0.1, 0.15) is 11.5 Å². The SMILES string of the molecule is O=C(NN=Cc1ccc(-c2ccc3c(c2)C(=O)NC3=O)o1)c1ccncc1. The van der Waals surface area contributed by atoms with Crippen LogP contribution in [0.5, 0.6) is 0 Å². The van der Waals surface area contributed by atoms with Gasteiger partial charge in [-0.3, -0.25) is 24.7 Å². The number of carbonyl (C=O) groups excluding carboxylic acids is 3. The van der Waals surface area contributed by atoms with Crippen LogP contribution in [0.3, 0.4) is 0 Å². The highest BCUT2D eigenvalue weighted by Gasteiger charge is 2.27. The molecule has 8 nitrogen and oxygen atoms in total. The average Bonchev–Trinajstić information content (AvgIpc) is 3.27. The van der Waals surface area contributed by atoms with E-state index in [4.69, 9.17) is 4.42 Å². The van der Waals surface area contributed by atoms with Crippen molar-refractivity contribution in [1.82, 2.24) is 15.7 Å². The Labute approximate surface area is 152 Å². The average molecular weight is 360 g/mol. The lowest BCUT2D eigenvalue weighted by atomic mass is 10.0. The molecule has 2 N–H and O–H groups in total. The highest BCUT2D eigenvalue weighted by molar-refractivity contribution is 6.21. The molecule has 3 heterocycles. The van der Waals surface area contributed by atoms with E-state index >= 15 is 0 Å². The van der Waals surface area contributed by atoms with Gasteiger partial charge in [-0.15, -0.1) is 0 Å². The molecule has 1 aromatic carbocycles. The van der Waals surface area contributed by atoms with E-state index in [1.165, 1.54) is 18.6 Å². The summed E-state index contributed by atoms with van der Waals surface area (Å²) in [5, 5.41) is 6.10. The Morgan fingerprint density at radius 2 is 1.81 bits per heavy atom. The fraction of sp³-hybridized carbons (Fsp3) is 0. The molecule has 1 aliphatic rings. The van der Waals surface area contributed by atoms with Crippen molar-refractivity contribution in [1.29, 1.82) is 0 Å². The molecule has 0 saturated heterocycles. The molecule has 0 radical (unpaired) electrons. The lowest BCUT2D eigenvalue weighted by molar-refractivity contribution is 0.0878. The first kappa shape index (κ1) is 16.4. The molecule has 0 bridgehead atoms. The number of amides is 3. The second-order valence-corrected chi connectivity index (χ2v) is 5.68. The number of nitrogens with one attached hydrogen (secondary N) is 2. The number of pyridine rings is 1. The van der Waals surface area contributed by atoms with Crippen LogP contribution in [0.2, 0.25) is 0 Å². The zero-order valence-electron chi connectivity index (χ0n) is 13.8. The Morgan fingerprint density at radius 1 is 1.04 bits per heavy atom. The first-order valence-electron chi connectivity index (χ1n) is 7.95. The minimum atomic E-state index is -0.427. The van der Waals surface area contributed by atoms with Crippen LogP contribution in [0.25, 0.3) is 11.3 Å². The number of furan rings is 1. The van der Waals surface area contributed by atoms with Gasteiger partial charge in [0.25, 0.3) is 17.7 Å². The summed E-state index contributed by atoms with van der Waals surface area (Å²) in [4.78, 5) is 39.1. The summed E-state index contributed by atoms with van der Waals surface area (Å²) in [7, 11) is 0. The fourth-order valence-corrected chi connectivity index (χ4v) is 2.62. The van der Waals surface area contributed by atoms with E-state index in [0.29, 0.717) is 33.8 Å². The molecular formula is C19H12N4O4. The van der Waals surface area contributed by atoms with Gasteiger partial charge in [-0.05, 0) is 36.4 Å². The van der Waals surface area contributed by atoms with Gasteiger partial charge in [-0.25, -0.2) is 5.43 Å². The van der Waals surface area contributed by atoms with Gasteiger partial charge in [0.2, 0.25) is 0 Å². The van der Waals surface area contributed by atoms with E-state index in [9.17, 15) is 14.4 Å². The first-order valence-corrected chi connectivity index (χ1v) is 7.95. The molecular weight excluding hydrogens is 348 g/mol. The summed E-state index contributed by atoms with van der Waals surface area (Å²) < 4.78 is 5.65. The number of hydrazone groups is 1. The summed E-state index contributed by atoms with van der Waals surface area (Å²) >= 11 is 0. The van der Waals surface area contributed by atoms with Gasteiger partial charge in [-0.1, -0.05) is 6.07 Å². The smallest absolute Gasteiger partial charge is 0.271 e. The van der Waals surface area contributed by atoms with Crippen LogP contribution in [-0.4, -0.2) is 28.9 Å². The maximum absolute atomic E-state index is 11.9. The fourth-order valence-electron chi connectivity index (χ4n) is 2.62. The van der Waals surface area contributed by atoms with Gasteiger partial charge in [0.05, 0.1) is 17.3 Å². The molecule has 27 heavy (non-hydrogen) atoms. The highest BCUT2D eigenvalue weighted by atomic mass is 16.3. The van der Waals surface area contributed by atoms with E-state index in [0.717, 1.165) is 0 Å². The zero-order chi connectivity index (χ0) is 18.8. The number of hydrogen-bond donors (Lipinski definition) is 2. The zero-order valence-corrected chi connectivity index (χ0v) is 13.8. The van der Waals surface area contributed by atoms with Gasteiger partial charge in [0, 0.05) is 23.5 Å². The van der Waals surface area contributed by atoms with Crippen molar-refractivity contribution in [3.63, 3.8) is 0 Å². The van der Waals surface area contributed by atoms with Crippen LogP contribution in [0, 0.1) is 0 Å². The van der Waals surface area contributed by atoms with E-state index in [1.807, 2.05) is 0 Å². The number of rotatable bonds is 4. The standard InChI is InChI=1S/C19H12N4O4/c24-17(11-5-7-20-8-6-11)23-21-10-13-2-4-16(27-13)12-1-3-14-15(9-12)19(26)22-18(14)25/h1-10H,(H,23,24)(H,22,25,26). The third-order valence-electron chi connectivity index (χ3n) is 3.95. The Balaban J connectivity index is 1.48. The van der Waals surface area contributed by atoms with Gasteiger partial charge in [-0.2, -0.15) is 5.10 Å². The third-order valence-corrected chi connectivity index (χ3v) is 3.95. The van der Waals surface area contributed by atoms with Crippen LogP contribution in [0.1, 0.15) is 36.8 Å². The first-order chi connectivity index (χ1) is 13.1.